The molecule has 0 radical (unpaired) electrons. The van der Waals surface area contributed by atoms with Crippen molar-refractivity contribution >= 4 is 63.1 Å². The number of nitrogen functional groups attached to an aromatic ring is 1. The Morgan fingerprint density at radius 3 is 2.48 bits per heavy atom. The number of rotatable bonds is 16. The Kier molecular flexibility index (Phi) is 12.9. The monoisotopic (exact) mass is 908 g/mol. The fraction of sp³-hybridized carbons (Fsp3) is 0.348. The Labute approximate surface area is 375 Å². The number of nitrogens with two attached hydrogens (primary N) is 1. The SMILES string of the molecule is Cn1c(=O)n(C2CCC(=O)NC2=O)c2ccc(CCC(=O)NCCCC(=O)NCCCn3cc(-c4ccc5c(c4)CCN5C(=O)Cc4cccc(OC(F)(F)F)c4)c4c(N)ncnc43)cc21. The lowest BCUT2D eigenvalue weighted by Crippen LogP contribution is -2.44. The van der Waals surface area contributed by atoms with Gasteiger partial charge in [0.25, 0.3) is 0 Å². The third-order valence-corrected chi connectivity index (χ3v) is 11.9. The smallest absolute Gasteiger partial charge is 0.406 e. The molecule has 3 aromatic heterocycles. The summed E-state index contributed by atoms with van der Waals surface area (Å²) in [4.78, 5) is 86.2. The third-order valence-electron chi connectivity index (χ3n) is 11.9. The van der Waals surface area contributed by atoms with Gasteiger partial charge in [-0.25, -0.2) is 14.8 Å². The molecule has 5 amide bonds. The molecular weight excluding hydrogens is 862 g/mol. The summed E-state index contributed by atoms with van der Waals surface area (Å²) in [6, 6.07) is 15.7. The Bertz CT molecular complexity index is 2940. The summed E-state index contributed by atoms with van der Waals surface area (Å²) in [6.45, 7) is 1.65. The number of imide groups is 1. The molecule has 17 nitrogen and oxygen atoms in total. The van der Waals surface area contributed by atoms with Crippen LogP contribution in [0.5, 0.6) is 5.75 Å². The largest absolute Gasteiger partial charge is 0.573 e. The van der Waals surface area contributed by atoms with Gasteiger partial charge in [0.1, 0.15) is 29.6 Å². The highest BCUT2D eigenvalue weighted by Crippen LogP contribution is 2.38. The quantitative estimate of drug-likeness (QED) is 0.0794. The zero-order chi connectivity index (χ0) is 46.7. The first-order valence-electron chi connectivity index (χ1n) is 21.6. The van der Waals surface area contributed by atoms with Gasteiger partial charge in [-0.3, -0.25) is 38.4 Å². The molecule has 6 aromatic rings. The van der Waals surface area contributed by atoms with Crippen LogP contribution in [0.2, 0.25) is 0 Å². The Morgan fingerprint density at radius 1 is 0.909 bits per heavy atom. The van der Waals surface area contributed by atoms with Gasteiger partial charge in [-0.05, 0) is 90.8 Å². The fourth-order valence-electron chi connectivity index (χ4n) is 8.67. The number of piperidine rings is 1. The maximum Gasteiger partial charge on any atom is 0.573 e. The maximum absolute atomic E-state index is 13.3. The van der Waals surface area contributed by atoms with Gasteiger partial charge >= 0.3 is 12.1 Å². The standard InChI is InChI=1S/C46H47F3N10O7/c1-56-36-22-27(8-11-34(36)59(45(56)65)35-13-15-39(62)55-44(35)64)9-14-38(61)51-17-3-7-37(60)52-18-4-19-57-25-32(41-42(50)53-26-54-43(41)57)29-10-12-33-30(24-29)16-20-58(33)40(63)23-28-5-2-6-31(21-28)66-46(47,48)49/h2,5-6,8,10-12,21-22,24-26,35H,3-4,7,9,13-20,23H2,1H3,(H,51,61)(H,52,60)(H2,50,53,54)(H,55,62,64). The van der Waals surface area contributed by atoms with Crippen LogP contribution >= 0.6 is 0 Å². The van der Waals surface area contributed by atoms with E-state index in [4.69, 9.17) is 5.73 Å². The Balaban J connectivity index is 0.790. The number of hydrogen-bond donors (Lipinski definition) is 4. The van der Waals surface area contributed by atoms with E-state index in [1.165, 1.54) is 33.7 Å². The second-order valence-electron chi connectivity index (χ2n) is 16.4. The molecule has 0 bridgehead atoms. The van der Waals surface area contributed by atoms with Crippen molar-refractivity contribution in [2.45, 2.75) is 76.7 Å². The normalized spacial score (nSPS) is 15.0. The third kappa shape index (κ3) is 9.91. The molecule has 0 spiro atoms. The summed E-state index contributed by atoms with van der Waals surface area (Å²) in [5, 5.41) is 8.76. The molecule has 8 rings (SSSR count). The van der Waals surface area contributed by atoms with Crippen molar-refractivity contribution < 1.29 is 41.9 Å². The number of alkyl halides is 3. The number of imidazole rings is 1. The second-order valence-corrected chi connectivity index (χ2v) is 16.4. The first-order valence-corrected chi connectivity index (χ1v) is 21.6. The first kappa shape index (κ1) is 45.1. The Hall–Kier alpha value is -7.51. The molecule has 1 saturated heterocycles. The van der Waals surface area contributed by atoms with Crippen LogP contribution in [0.25, 0.3) is 33.2 Å². The van der Waals surface area contributed by atoms with Crippen LogP contribution in [0.4, 0.5) is 24.7 Å². The van der Waals surface area contributed by atoms with Crippen LogP contribution in [-0.2, 0) is 56.8 Å². The highest BCUT2D eigenvalue weighted by Gasteiger charge is 2.33. The molecule has 2 aliphatic heterocycles. The van der Waals surface area contributed by atoms with Crippen molar-refractivity contribution in [2.24, 2.45) is 7.05 Å². The number of halogens is 3. The number of anilines is 2. The van der Waals surface area contributed by atoms with Crippen LogP contribution < -0.4 is 37.0 Å². The predicted octanol–water partition coefficient (Wildman–Crippen LogP) is 4.38. The van der Waals surface area contributed by atoms with Crippen LogP contribution in [0, 0.1) is 0 Å². The predicted molar refractivity (Wildman–Crippen MR) is 237 cm³/mol. The van der Waals surface area contributed by atoms with E-state index in [9.17, 15) is 41.9 Å². The number of aryl methyl sites for hydroxylation is 3. The van der Waals surface area contributed by atoms with Gasteiger partial charge in [0.15, 0.2) is 0 Å². The summed E-state index contributed by atoms with van der Waals surface area (Å²) in [5.74, 6) is -1.52. The van der Waals surface area contributed by atoms with Crippen LogP contribution in [0.3, 0.4) is 0 Å². The van der Waals surface area contributed by atoms with Crippen molar-refractivity contribution in [1.82, 2.24) is 39.6 Å². The zero-order valence-corrected chi connectivity index (χ0v) is 36.0. The van der Waals surface area contributed by atoms with E-state index in [2.05, 4.69) is 30.7 Å². The number of nitrogens with zero attached hydrogens (tertiary/aromatic N) is 6. The number of fused-ring (bicyclic) bond motifs is 3. The van der Waals surface area contributed by atoms with E-state index >= 15 is 0 Å². The summed E-state index contributed by atoms with van der Waals surface area (Å²) >= 11 is 0. The number of hydrogen-bond acceptors (Lipinski definition) is 10. The second kappa shape index (κ2) is 18.9. The lowest BCUT2D eigenvalue weighted by atomic mass is 10.0. The fourth-order valence-corrected chi connectivity index (χ4v) is 8.67. The molecule has 5 N–H and O–H groups in total. The van der Waals surface area contributed by atoms with Crippen molar-refractivity contribution in [3.8, 4) is 16.9 Å². The van der Waals surface area contributed by atoms with Crippen molar-refractivity contribution in [3.05, 3.63) is 100 Å². The average molecular weight is 909 g/mol. The molecule has 20 heteroatoms. The number of aromatic nitrogens is 5. The van der Waals surface area contributed by atoms with E-state index in [1.807, 2.05) is 41.1 Å². The van der Waals surface area contributed by atoms with E-state index < -0.39 is 18.3 Å². The van der Waals surface area contributed by atoms with Gasteiger partial charge < -0.3 is 30.6 Å². The molecule has 2 aliphatic rings. The minimum absolute atomic E-state index is 0.0986. The summed E-state index contributed by atoms with van der Waals surface area (Å²) in [7, 11) is 1.62. The molecule has 1 atom stereocenters. The molecule has 0 aliphatic carbocycles. The summed E-state index contributed by atoms with van der Waals surface area (Å²) < 4.78 is 47.1. The van der Waals surface area contributed by atoms with E-state index in [-0.39, 0.29) is 67.2 Å². The topological polar surface area (TPSA) is 218 Å². The highest BCUT2D eigenvalue weighted by atomic mass is 19.4. The van der Waals surface area contributed by atoms with Gasteiger partial charge in [-0.2, -0.15) is 0 Å². The van der Waals surface area contributed by atoms with Crippen molar-refractivity contribution in [1.29, 1.82) is 0 Å². The molecule has 1 fully saturated rings. The number of amides is 5. The number of nitrogens with one attached hydrogen (secondary N) is 3. The number of carbonyl (C=O) groups is 5. The van der Waals surface area contributed by atoms with Gasteiger partial charge in [0.2, 0.25) is 29.5 Å². The molecule has 344 valence electrons. The zero-order valence-electron chi connectivity index (χ0n) is 36.0. The van der Waals surface area contributed by atoms with Crippen LogP contribution in [-0.4, -0.2) is 79.2 Å². The molecule has 1 unspecified atom stereocenters. The van der Waals surface area contributed by atoms with Gasteiger partial charge in [-0.1, -0.05) is 24.3 Å². The molecule has 66 heavy (non-hydrogen) atoms. The molecule has 0 saturated carbocycles. The number of ether oxygens (including phenoxy) is 1. The number of benzene rings is 3. The summed E-state index contributed by atoms with van der Waals surface area (Å²) in [5.41, 5.74) is 12.4. The lowest BCUT2D eigenvalue weighted by molar-refractivity contribution is -0.274. The first-order chi connectivity index (χ1) is 31.6. The highest BCUT2D eigenvalue weighted by molar-refractivity contribution is 6.02. The molecule has 3 aromatic carbocycles. The average Bonchev–Trinajstić information content (AvgIpc) is 3.95. The summed E-state index contributed by atoms with van der Waals surface area (Å²) in [6.07, 6.45) is 1.25. The molecule has 5 heterocycles. The van der Waals surface area contributed by atoms with Crippen LogP contribution in [0.15, 0.2) is 78.0 Å². The Morgan fingerprint density at radius 2 is 1.70 bits per heavy atom. The minimum Gasteiger partial charge on any atom is -0.406 e. The number of carbonyl (C=O) groups excluding carboxylic acids is 5. The molecular formula is C46H47F3N10O7. The van der Waals surface area contributed by atoms with E-state index in [0.29, 0.717) is 85.3 Å². The van der Waals surface area contributed by atoms with Crippen molar-refractivity contribution in [3.63, 3.8) is 0 Å². The van der Waals surface area contributed by atoms with Gasteiger partial charge in [0.05, 0.1) is 22.8 Å². The van der Waals surface area contributed by atoms with E-state index in [0.717, 1.165) is 27.9 Å². The lowest BCUT2D eigenvalue weighted by Gasteiger charge is -2.21. The van der Waals surface area contributed by atoms with Crippen LogP contribution in [0.1, 0.15) is 61.3 Å². The van der Waals surface area contributed by atoms with Gasteiger partial charge in [0, 0.05) is 69.9 Å². The minimum atomic E-state index is -4.84. The van der Waals surface area contributed by atoms with Gasteiger partial charge in [-0.15, -0.1) is 13.2 Å². The van der Waals surface area contributed by atoms with E-state index in [1.54, 1.807) is 24.1 Å². The maximum atomic E-state index is 13.3. The van der Waals surface area contributed by atoms with Crippen molar-refractivity contribution in [2.75, 3.05) is 30.3 Å².